The Morgan fingerprint density at radius 2 is 1.81 bits per heavy atom. The number of ether oxygens (including phenoxy) is 2. The van der Waals surface area contributed by atoms with Gasteiger partial charge in [-0.05, 0) is 51.7 Å². The molecule has 0 radical (unpaired) electrons. The van der Waals surface area contributed by atoms with Crippen molar-refractivity contribution < 1.29 is 19.1 Å². The van der Waals surface area contributed by atoms with Gasteiger partial charge in [0.05, 0.1) is 12.6 Å². The van der Waals surface area contributed by atoms with E-state index in [1.54, 1.807) is 18.9 Å². The molecule has 0 aliphatic rings. The Balaban J connectivity index is 3.02. The summed E-state index contributed by atoms with van der Waals surface area (Å²) in [4.78, 5) is 25.9. The third-order valence-electron chi connectivity index (χ3n) is 4.03. The Labute approximate surface area is 157 Å². The fraction of sp³-hybridized carbons (Fsp3) is 0.619. The van der Waals surface area contributed by atoms with Crippen LogP contribution < -0.4 is 0 Å². The summed E-state index contributed by atoms with van der Waals surface area (Å²) in [5.41, 5.74) is 1.59. The maximum atomic E-state index is 12.5. The highest BCUT2D eigenvalue weighted by Crippen LogP contribution is 2.29. The van der Waals surface area contributed by atoms with Crippen LogP contribution in [0.5, 0.6) is 0 Å². The Hall–Kier alpha value is -2.04. The number of nitrogens with zero attached hydrogens (tertiary/aromatic N) is 1. The minimum atomic E-state index is -0.536. The molecule has 0 bridgehead atoms. The summed E-state index contributed by atoms with van der Waals surface area (Å²) in [5, 5.41) is 0. The van der Waals surface area contributed by atoms with Crippen LogP contribution in [0.15, 0.2) is 24.3 Å². The lowest BCUT2D eigenvalue weighted by Crippen LogP contribution is -2.37. The van der Waals surface area contributed by atoms with Gasteiger partial charge >= 0.3 is 12.1 Å². The Kier molecular flexibility index (Phi) is 8.62. The van der Waals surface area contributed by atoms with E-state index in [0.717, 1.165) is 24.0 Å². The molecular weight excluding hydrogens is 330 g/mol. The topological polar surface area (TPSA) is 55.8 Å². The van der Waals surface area contributed by atoms with Crippen molar-refractivity contribution in [2.45, 2.75) is 71.9 Å². The minimum absolute atomic E-state index is 0.0896. The lowest BCUT2D eigenvalue weighted by Gasteiger charge is -2.32. The summed E-state index contributed by atoms with van der Waals surface area (Å²) in [7, 11) is 1.77. The first kappa shape index (κ1) is 22.0. The molecule has 0 saturated carbocycles. The van der Waals surface area contributed by atoms with Crippen molar-refractivity contribution in [3.8, 4) is 0 Å². The summed E-state index contributed by atoms with van der Waals surface area (Å²) in [5.74, 6) is -0.199. The largest absolute Gasteiger partial charge is 0.466 e. The molecule has 0 aliphatic heterocycles. The van der Waals surface area contributed by atoms with Crippen LogP contribution in [-0.4, -0.2) is 36.2 Å². The third kappa shape index (κ3) is 7.06. The van der Waals surface area contributed by atoms with E-state index in [1.807, 2.05) is 45.0 Å². The number of hydrogen-bond acceptors (Lipinski definition) is 4. The standard InChI is InChI=1S/C21H33NO4/c1-7-11-18(22(6)20(24)26-21(3,4)5)17-13-10-9-12-16(17)14-15-19(23)25-8-2/h9-10,12-13,18H,7-8,11,14-15H2,1-6H3. The summed E-state index contributed by atoms with van der Waals surface area (Å²) >= 11 is 0. The third-order valence-corrected chi connectivity index (χ3v) is 4.03. The second-order valence-corrected chi connectivity index (χ2v) is 7.40. The molecular formula is C21H33NO4. The van der Waals surface area contributed by atoms with Crippen LogP contribution >= 0.6 is 0 Å². The molecule has 1 aromatic carbocycles. The zero-order valence-corrected chi connectivity index (χ0v) is 17.0. The molecule has 5 heteroatoms. The van der Waals surface area contributed by atoms with Gasteiger partial charge in [-0.2, -0.15) is 0 Å². The molecule has 0 spiro atoms. The molecule has 5 nitrogen and oxygen atoms in total. The number of carbonyl (C=O) groups excluding carboxylic acids is 2. The van der Waals surface area contributed by atoms with Crippen LogP contribution in [0.3, 0.4) is 0 Å². The molecule has 0 saturated heterocycles. The lowest BCUT2D eigenvalue weighted by molar-refractivity contribution is -0.143. The van der Waals surface area contributed by atoms with Gasteiger partial charge in [0.2, 0.25) is 0 Å². The Bertz CT molecular complexity index is 592. The maximum absolute atomic E-state index is 12.5. The van der Waals surface area contributed by atoms with Crippen molar-refractivity contribution >= 4 is 12.1 Å². The average Bonchev–Trinajstić information content (AvgIpc) is 2.56. The van der Waals surface area contributed by atoms with Gasteiger partial charge < -0.3 is 14.4 Å². The minimum Gasteiger partial charge on any atom is -0.466 e. The first-order chi connectivity index (χ1) is 12.2. The molecule has 0 aliphatic carbocycles. The maximum Gasteiger partial charge on any atom is 0.410 e. The monoisotopic (exact) mass is 363 g/mol. The highest BCUT2D eigenvalue weighted by atomic mass is 16.6. The number of hydrogen-bond donors (Lipinski definition) is 0. The van der Waals surface area contributed by atoms with Crippen molar-refractivity contribution in [1.82, 2.24) is 4.90 Å². The molecule has 0 N–H and O–H groups in total. The zero-order valence-electron chi connectivity index (χ0n) is 17.0. The van der Waals surface area contributed by atoms with E-state index in [-0.39, 0.29) is 18.1 Å². The van der Waals surface area contributed by atoms with Gasteiger partial charge in [0.25, 0.3) is 0 Å². The molecule has 1 aromatic rings. The number of aryl methyl sites for hydroxylation is 1. The van der Waals surface area contributed by atoms with Crippen molar-refractivity contribution in [3.05, 3.63) is 35.4 Å². The van der Waals surface area contributed by atoms with Crippen LogP contribution in [0.25, 0.3) is 0 Å². The number of carbonyl (C=O) groups is 2. The Morgan fingerprint density at radius 1 is 1.15 bits per heavy atom. The fourth-order valence-corrected chi connectivity index (χ4v) is 2.85. The van der Waals surface area contributed by atoms with Crippen molar-refractivity contribution in [1.29, 1.82) is 0 Å². The van der Waals surface area contributed by atoms with E-state index < -0.39 is 5.60 Å². The predicted molar refractivity (Wildman–Crippen MR) is 103 cm³/mol. The molecule has 1 amide bonds. The van der Waals surface area contributed by atoms with E-state index in [0.29, 0.717) is 19.4 Å². The second kappa shape index (κ2) is 10.2. The van der Waals surface area contributed by atoms with E-state index in [2.05, 4.69) is 6.92 Å². The SMILES string of the molecule is CCCC(c1ccccc1CCC(=O)OCC)N(C)C(=O)OC(C)(C)C. The number of benzene rings is 1. The molecule has 1 rings (SSSR count). The first-order valence-electron chi connectivity index (χ1n) is 9.38. The molecule has 1 atom stereocenters. The number of esters is 1. The molecule has 0 heterocycles. The van der Waals surface area contributed by atoms with Crippen molar-refractivity contribution in [3.63, 3.8) is 0 Å². The second-order valence-electron chi connectivity index (χ2n) is 7.40. The molecule has 0 fully saturated rings. The quantitative estimate of drug-likeness (QED) is 0.617. The number of amides is 1. The van der Waals surface area contributed by atoms with Crippen molar-refractivity contribution in [2.24, 2.45) is 0 Å². The van der Waals surface area contributed by atoms with E-state index >= 15 is 0 Å². The summed E-state index contributed by atoms with van der Waals surface area (Å²) in [6.45, 7) is 9.87. The molecule has 1 unspecified atom stereocenters. The highest BCUT2D eigenvalue weighted by Gasteiger charge is 2.27. The smallest absolute Gasteiger partial charge is 0.410 e. The van der Waals surface area contributed by atoms with E-state index in [9.17, 15) is 9.59 Å². The summed E-state index contributed by atoms with van der Waals surface area (Å²) in [6.07, 6.45) is 2.35. The Morgan fingerprint density at radius 3 is 2.38 bits per heavy atom. The van der Waals surface area contributed by atoms with Gasteiger partial charge in [-0.15, -0.1) is 0 Å². The summed E-state index contributed by atoms with van der Waals surface area (Å²) < 4.78 is 10.6. The van der Waals surface area contributed by atoms with Gasteiger partial charge in [0, 0.05) is 13.5 Å². The van der Waals surface area contributed by atoms with Crippen LogP contribution in [0.1, 0.15) is 71.0 Å². The van der Waals surface area contributed by atoms with Gasteiger partial charge in [0.15, 0.2) is 0 Å². The molecule has 0 aromatic heterocycles. The van der Waals surface area contributed by atoms with Gasteiger partial charge in [-0.3, -0.25) is 4.79 Å². The van der Waals surface area contributed by atoms with Crippen molar-refractivity contribution in [2.75, 3.05) is 13.7 Å². The van der Waals surface area contributed by atoms with Crippen LogP contribution in [0.4, 0.5) is 4.79 Å². The highest BCUT2D eigenvalue weighted by molar-refractivity contribution is 5.70. The van der Waals surface area contributed by atoms with Crippen LogP contribution in [0.2, 0.25) is 0 Å². The summed E-state index contributed by atoms with van der Waals surface area (Å²) in [6, 6.07) is 7.88. The van der Waals surface area contributed by atoms with Gasteiger partial charge in [-0.25, -0.2) is 4.79 Å². The van der Waals surface area contributed by atoms with Crippen LogP contribution in [0, 0.1) is 0 Å². The normalized spacial score (nSPS) is 12.4. The van der Waals surface area contributed by atoms with Crippen LogP contribution in [-0.2, 0) is 20.7 Å². The fourth-order valence-electron chi connectivity index (χ4n) is 2.85. The zero-order chi connectivity index (χ0) is 19.7. The van der Waals surface area contributed by atoms with Gasteiger partial charge in [0.1, 0.15) is 5.60 Å². The lowest BCUT2D eigenvalue weighted by atomic mass is 9.93. The van der Waals surface area contributed by atoms with E-state index in [4.69, 9.17) is 9.47 Å². The van der Waals surface area contributed by atoms with Gasteiger partial charge in [-0.1, -0.05) is 37.6 Å². The molecule has 146 valence electrons. The predicted octanol–water partition coefficient (Wildman–Crippen LogP) is 4.89. The average molecular weight is 363 g/mol. The van der Waals surface area contributed by atoms with E-state index in [1.165, 1.54) is 0 Å². The molecule has 26 heavy (non-hydrogen) atoms. The number of rotatable bonds is 8. The first-order valence-corrected chi connectivity index (χ1v) is 9.38.